The summed E-state index contributed by atoms with van der Waals surface area (Å²) in [5, 5.41) is 5.29. The van der Waals surface area contributed by atoms with Crippen LogP contribution in [0.25, 0.3) is 11.1 Å². The van der Waals surface area contributed by atoms with E-state index >= 15 is 0 Å². The van der Waals surface area contributed by atoms with E-state index in [1.165, 1.54) is 0 Å². The molecule has 2 aliphatic rings. The molecule has 2 N–H and O–H groups in total. The van der Waals surface area contributed by atoms with Gasteiger partial charge >= 0.3 is 0 Å². The van der Waals surface area contributed by atoms with E-state index in [0.29, 0.717) is 12.1 Å². The molecule has 2 aromatic rings. The Morgan fingerprint density at radius 2 is 1.97 bits per heavy atom. The van der Waals surface area contributed by atoms with Crippen LogP contribution in [-0.4, -0.2) is 67.5 Å². The molecule has 29 heavy (non-hydrogen) atoms. The molecule has 0 aliphatic carbocycles. The Bertz CT molecular complexity index is 826. The van der Waals surface area contributed by atoms with Crippen molar-refractivity contribution < 1.29 is 14.0 Å². The average Bonchev–Trinajstić information content (AvgIpc) is 3.21. The van der Waals surface area contributed by atoms with E-state index in [9.17, 15) is 9.59 Å². The summed E-state index contributed by atoms with van der Waals surface area (Å²) in [6.07, 6.45) is 3.97. The first-order valence-electron chi connectivity index (χ1n) is 10.5. The van der Waals surface area contributed by atoms with Gasteiger partial charge in [-0.05, 0) is 44.4 Å². The summed E-state index contributed by atoms with van der Waals surface area (Å²) < 4.78 is 5.91. The molecule has 2 amide bonds. The Labute approximate surface area is 170 Å². The second-order valence-electron chi connectivity index (χ2n) is 7.91. The lowest BCUT2D eigenvalue weighted by molar-refractivity contribution is -0.130. The zero-order valence-electron chi connectivity index (χ0n) is 16.9. The van der Waals surface area contributed by atoms with Gasteiger partial charge in [-0.3, -0.25) is 14.5 Å². The van der Waals surface area contributed by atoms with Crippen molar-refractivity contribution in [2.24, 2.45) is 5.92 Å². The number of amides is 2. The predicted octanol–water partition coefficient (Wildman–Crippen LogP) is 1.37. The third kappa shape index (κ3) is 4.53. The fraction of sp³-hybridized carbons (Fsp3) is 0.571. The number of hydrogen-bond acceptors (Lipinski definition) is 6. The molecule has 3 heterocycles. The van der Waals surface area contributed by atoms with Crippen molar-refractivity contribution in [3.8, 4) is 0 Å². The van der Waals surface area contributed by atoms with Crippen molar-refractivity contribution in [2.75, 3.05) is 44.7 Å². The van der Waals surface area contributed by atoms with Crippen molar-refractivity contribution in [2.45, 2.75) is 31.7 Å². The van der Waals surface area contributed by atoms with Crippen LogP contribution in [0.15, 0.2) is 28.7 Å². The van der Waals surface area contributed by atoms with Crippen molar-refractivity contribution in [1.82, 2.24) is 20.5 Å². The highest BCUT2D eigenvalue weighted by atomic mass is 16.4. The van der Waals surface area contributed by atoms with E-state index in [4.69, 9.17) is 4.42 Å². The number of likely N-dealkylation sites (tertiary alicyclic amines) is 1. The van der Waals surface area contributed by atoms with Gasteiger partial charge in [-0.25, -0.2) is 0 Å². The third-order valence-electron chi connectivity index (χ3n) is 6.06. The average molecular weight is 399 g/mol. The van der Waals surface area contributed by atoms with Gasteiger partial charge in [-0.2, -0.15) is 4.98 Å². The second-order valence-corrected chi connectivity index (χ2v) is 7.91. The maximum atomic E-state index is 12.4. The van der Waals surface area contributed by atoms with Crippen LogP contribution in [-0.2, 0) is 9.59 Å². The van der Waals surface area contributed by atoms with E-state index in [2.05, 4.69) is 25.4 Å². The minimum atomic E-state index is -0.169. The highest BCUT2D eigenvalue weighted by molar-refractivity contribution is 5.85. The topological polar surface area (TPSA) is 90.7 Å². The number of nitrogens with zero attached hydrogens (tertiary/aromatic N) is 3. The van der Waals surface area contributed by atoms with Crippen LogP contribution in [0.5, 0.6) is 0 Å². The number of para-hydroxylation sites is 2. The van der Waals surface area contributed by atoms with Gasteiger partial charge in [0.15, 0.2) is 5.58 Å². The van der Waals surface area contributed by atoms with Crippen LogP contribution in [0, 0.1) is 5.92 Å². The van der Waals surface area contributed by atoms with Crippen LogP contribution >= 0.6 is 0 Å². The van der Waals surface area contributed by atoms with Gasteiger partial charge in [0.05, 0.1) is 12.5 Å². The van der Waals surface area contributed by atoms with Gasteiger partial charge in [0, 0.05) is 32.7 Å². The number of anilines is 1. The summed E-state index contributed by atoms with van der Waals surface area (Å²) >= 11 is 0. The molecule has 1 unspecified atom stereocenters. The molecule has 4 rings (SSSR count). The lowest BCUT2D eigenvalue weighted by Crippen LogP contribution is -2.51. The van der Waals surface area contributed by atoms with Gasteiger partial charge in [-0.15, -0.1) is 0 Å². The third-order valence-corrected chi connectivity index (χ3v) is 6.06. The van der Waals surface area contributed by atoms with Crippen LogP contribution in [0.3, 0.4) is 0 Å². The summed E-state index contributed by atoms with van der Waals surface area (Å²) in [7, 11) is 1.57. The highest BCUT2D eigenvalue weighted by Gasteiger charge is 2.32. The first kappa shape index (κ1) is 19.7. The summed E-state index contributed by atoms with van der Waals surface area (Å²) in [6, 6.07) is 9.03. The smallest absolute Gasteiger partial charge is 0.298 e. The molecule has 2 saturated heterocycles. The normalized spacial score (nSPS) is 21.3. The zero-order valence-corrected chi connectivity index (χ0v) is 16.9. The van der Waals surface area contributed by atoms with E-state index in [1.807, 2.05) is 24.3 Å². The van der Waals surface area contributed by atoms with Crippen LogP contribution in [0.4, 0.5) is 6.01 Å². The number of carbonyl (C=O) groups excluding carboxylic acids is 2. The summed E-state index contributed by atoms with van der Waals surface area (Å²) in [5.74, 6) is -0.219. The summed E-state index contributed by atoms with van der Waals surface area (Å²) in [4.78, 5) is 33.1. The molecule has 2 aliphatic heterocycles. The number of carbonyl (C=O) groups is 2. The van der Waals surface area contributed by atoms with Crippen LogP contribution in [0.2, 0.25) is 0 Å². The molecule has 0 bridgehead atoms. The standard InChI is InChI=1S/C21H29N5O3/c1-22-19(27)13-23-20(28)15-5-4-10-26(14-15)16-8-11-25(12-9-16)21-24-17-6-2-3-7-18(17)29-21/h2-3,6-7,15-16H,4-5,8-14H2,1H3,(H,22,27)(H,23,28). The zero-order chi connectivity index (χ0) is 20.2. The molecular weight excluding hydrogens is 370 g/mol. The number of aromatic nitrogens is 1. The number of benzene rings is 1. The summed E-state index contributed by atoms with van der Waals surface area (Å²) in [5.41, 5.74) is 1.72. The maximum absolute atomic E-state index is 12.4. The molecule has 1 atom stereocenters. The molecule has 1 aromatic carbocycles. The molecule has 0 saturated carbocycles. The molecule has 8 heteroatoms. The SMILES string of the molecule is CNC(=O)CNC(=O)C1CCCN(C2CCN(c3nc4ccccc4o3)CC2)C1. The van der Waals surface area contributed by atoms with Gasteiger partial charge in [0.25, 0.3) is 6.01 Å². The van der Waals surface area contributed by atoms with E-state index in [0.717, 1.165) is 63.0 Å². The first-order valence-corrected chi connectivity index (χ1v) is 10.5. The second kappa shape index (κ2) is 8.82. The van der Waals surface area contributed by atoms with Crippen LogP contribution in [0.1, 0.15) is 25.7 Å². The van der Waals surface area contributed by atoms with Crippen LogP contribution < -0.4 is 15.5 Å². The Balaban J connectivity index is 1.30. The number of rotatable bonds is 5. The van der Waals surface area contributed by atoms with Gasteiger partial charge in [-0.1, -0.05) is 12.1 Å². The van der Waals surface area contributed by atoms with Gasteiger partial charge in [0.1, 0.15) is 5.52 Å². The number of fused-ring (bicyclic) bond motifs is 1. The Morgan fingerprint density at radius 3 is 2.72 bits per heavy atom. The van der Waals surface area contributed by atoms with Crippen molar-refractivity contribution in [3.63, 3.8) is 0 Å². The number of piperidine rings is 2. The number of nitrogens with one attached hydrogen (secondary N) is 2. The van der Waals surface area contributed by atoms with E-state index < -0.39 is 0 Å². The first-order chi connectivity index (χ1) is 14.1. The molecule has 0 spiro atoms. The number of hydrogen-bond donors (Lipinski definition) is 2. The van der Waals surface area contributed by atoms with Gasteiger partial charge in [0.2, 0.25) is 11.8 Å². The molecule has 8 nitrogen and oxygen atoms in total. The van der Waals surface area contributed by atoms with Crippen molar-refractivity contribution in [1.29, 1.82) is 0 Å². The number of likely N-dealkylation sites (N-methyl/N-ethyl adjacent to an activating group) is 1. The molecule has 156 valence electrons. The van der Waals surface area contributed by atoms with E-state index in [1.54, 1.807) is 7.05 Å². The fourth-order valence-corrected chi connectivity index (χ4v) is 4.37. The monoisotopic (exact) mass is 399 g/mol. The Morgan fingerprint density at radius 1 is 1.17 bits per heavy atom. The summed E-state index contributed by atoms with van der Waals surface area (Å²) in [6.45, 7) is 3.66. The fourth-order valence-electron chi connectivity index (χ4n) is 4.37. The number of oxazole rings is 1. The largest absolute Gasteiger partial charge is 0.423 e. The quantitative estimate of drug-likeness (QED) is 0.789. The maximum Gasteiger partial charge on any atom is 0.298 e. The lowest BCUT2D eigenvalue weighted by atomic mass is 9.93. The minimum absolute atomic E-state index is 0.0118. The molecular formula is C21H29N5O3. The van der Waals surface area contributed by atoms with Gasteiger partial charge < -0.3 is 20.0 Å². The van der Waals surface area contributed by atoms with Crippen molar-refractivity contribution in [3.05, 3.63) is 24.3 Å². The molecule has 2 fully saturated rings. The Kier molecular flexibility index (Phi) is 5.99. The van der Waals surface area contributed by atoms with E-state index in [-0.39, 0.29) is 24.3 Å². The van der Waals surface area contributed by atoms with Crippen molar-refractivity contribution >= 4 is 28.9 Å². The Hall–Kier alpha value is -2.61. The minimum Gasteiger partial charge on any atom is -0.423 e. The highest BCUT2D eigenvalue weighted by Crippen LogP contribution is 2.28. The lowest BCUT2D eigenvalue weighted by Gasteiger charge is -2.41. The molecule has 1 aromatic heterocycles. The predicted molar refractivity (Wildman–Crippen MR) is 111 cm³/mol. The molecule has 0 radical (unpaired) electrons.